The summed E-state index contributed by atoms with van der Waals surface area (Å²) in [5.41, 5.74) is 6.50. The van der Waals surface area contributed by atoms with Crippen molar-refractivity contribution < 1.29 is 9.53 Å². The summed E-state index contributed by atoms with van der Waals surface area (Å²) in [5.74, 6) is 0.236. The summed E-state index contributed by atoms with van der Waals surface area (Å²) >= 11 is 0. The number of carbonyl (C=O) groups excluding carboxylic acids is 1. The van der Waals surface area contributed by atoms with E-state index in [0.717, 1.165) is 37.8 Å². The largest absolute Gasteiger partial charge is 0.370 e. The number of unbranched alkanes of at least 4 members (excludes halogenated alkanes) is 3. The van der Waals surface area contributed by atoms with E-state index in [1.165, 1.54) is 0 Å². The molecule has 2 N–H and O–H groups in total. The molecule has 0 spiro atoms. The number of rotatable bonds is 7. The Morgan fingerprint density at radius 2 is 2.24 bits per heavy atom. The van der Waals surface area contributed by atoms with Crippen molar-refractivity contribution in [1.29, 1.82) is 0 Å². The van der Waals surface area contributed by atoms with Gasteiger partial charge < -0.3 is 15.4 Å². The fourth-order valence-electron chi connectivity index (χ4n) is 2.62. The molecule has 118 valence electrons. The van der Waals surface area contributed by atoms with Gasteiger partial charge in [-0.15, -0.1) is 0 Å². The average molecular weight is 294 g/mol. The van der Waals surface area contributed by atoms with Crippen molar-refractivity contribution in [1.82, 2.24) is 14.7 Å². The van der Waals surface area contributed by atoms with Gasteiger partial charge in [0.25, 0.3) is 0 Å². The minimum absolute atomic E-state index is 0.0476. The van der Waals surface area contributed by atoms with Gasteiger partial charge in [0.1, 0.15) is 6.10 Å². The maximum atomic E-state index is 12.2. The average Bonchev–Trinajstić information content (AvgIpc) is 2.93. The Morgan fingerprint density at radius 3 is 2.95 bits per heavy atom. The predicted molar refractivity (Wildman–Crippen MR) is 80.6 cm³/mol. The Kier molecular flexibility index (Phi) is 6.20. The van der Waals surface area contributed by atoms with E-state index in [1.54, 1.807) is 4.68 Å². The molecule has 1 aliphatic heterocycles. The van der Waals surface area contributed by atoms with Gasteiger partial charge in [-0.25, -0.2) is 0 Å². The van der Waals surface area contributed by atoms with E-state index < -0.39 is 0 Å². The number of carbonyl (C=O) groups is 1. The Balaban J connectivity index is 1.76. The quantitative estimate of drug-likeness (QED) is 0.768. The first-order valence-electron chi connectivity index (χ1n) is 7.78. The molecular formula is C15H26N4O2. The summed E-state index contributed by atoms with van der Waals surface area (Å²) in [5, 5.41) is 4.16. The summed E-state index contributed by atoms with van der Waals surface area (Å²) in [7, 11) is 1.89. The van der Waals surface area contributed by atoms with Crippen LogP contribution < -0.4 is 5.73 Å². The van der Waals surface area contributed by atoms with Crippen LogP contribution in [0.25, 0.3) is 0 Å². The molecule has 6 heteroatoms. The molecule has 1 unspecified atom stereocenters. The van der Waals surface area contributed by atoms with Crippen molar-refractivity contribution in [2.75, 3.05) is 26.2 Å². The summed E-state index contributed by atoms with van der Waals surface area (Å²) in [6, 6.07) is 0. The van der Waals surface area contributed by atoms with Crippen LogP contribution in [0.3, 0.4) is 0 Å². The Labute approximate surface area is 126 Å². The monoisotopic (exact) mass is 294 g/mol. The SMILES string of the molecule is Cn1cc(C2CN(C(=O)CCCCCCN)CCO2)cn1. The molecule has 0 radical (unpaired) electrons. The van der Waals surface area contributed by atoms with Crippen molar-refractivity contribution in [2.45, 2.75) is 38.2 Å². The first kappa shape index (κ1) is 16.0. The minimum Gasteiger partial charge on any atom is -0.370 e. The molecule has 6 nitrogen and oxygen atoms in total. The third-order valence-electron chi connectivity index (χ3n) is 3.86. The summed E-state index contributed by atoms with van der Waals surface area (Å²) in [6.07, 6.45) is 8.54. The summed E-state index contributed by atoms with van der Waals surface area (Å²) in [6.45, 7) is 2.66. The number of hydrogen-bond donors (Lipinski definition) is 1. The third-order valence-corrected chi connectivity index (χ3v) is 3.86. The first-order valence-corrected chi connectivity index (χ1v) is 7.78. The third kappa shape index (κ3) is 4.82. The van der Waals surface area contributed by atoms with E-state index in [9.17, 15) is 4.79 Å². The molecule has 2 heterocycles. The zero-order valence-electron chi connectivity index (χ0n) is 12.8. The Morgan fingerprint density at radius 1 is 1.43 bits per heavy atom. The summed E-state index contributed by atoms with van der Waals surface area (Å²) < 4.78 is 7.52. The van der Waals surface area contributed by atoms with Gasteiger partial charge in [0.05, 0.1) is 19.3 Å². The van der Waals surface area contributed by atoms with E-state index >= 15 is 0 Å². The number of amides is 1. The van der Waals surface area contributed by atoms with Crippen LogP contribution in [0.5, 0.6) is 0 Å². The van der Waals surface area contributed by atoms with Crippen LogP contribution in [-0.4, -0.2) is 46.8 Å². The van der Waals surface area contributed by atoms with Crippen molar-refractivity contribution in [3.05, 3.63) is 18.0 Å². The van der Waals surface area contributed by atoms with Crippen LogP contribution in [0.2, 0.25) is 0 Å². The van der Waals surface area contributed by atoms with Gasteiger partial charge in [0.15, 0.2) is 0 Å². The van der Waals surface area contributed by atoms with Crippen molar-refractivity contribution in [2.24, 2.45) is 12.8 Å². The molecule has 1 aromatic rings. The van der Waals surface area contributed by atoms with Crippen LogP contribution in [-0.2, 0) is 16.6 Å². The fourth-order valence-corrected chi connectivity index (χ4v) is 2.62. The second-order valence-electron chi connectivity index (χ2n) is 5.60. The molecule has 0 bridgehead atoms. The van der Waals surface area contributed by atoms with Crippen LogP contribution in [0.15, 0.2) is 12.4 Å². The lowest BCUT2D eigenvalue weighted by Crippen LogP contribution is -2.42. The molecule has 1 amide bonds. The molecule has 0 aliphatic carbocycles. The molecule has 1 saturated heterocycles. The number of aromatic nitrogens is 2. The second-order valence-corrected chi connectivity index (χ2v) is 5.60. The summed E-state index contributed by atoms with van der Waals surface area (Å²) in [4.78, 5) is 14.2. The molecule has 2 rings (SSSR count). The van der Waals surface area contributed by atoms with Gasteiger partial charge in [-0.2, -0.15) is 5.10 Å². The predicted octanol–water partition coefficient (Wildman–Crippen LogP) is 1.23. The van der Waals surface area contributed by atoms with E-state index in [2.05, 4.69) is 5.10 Å². The first-order chi connectivity index (χ1) is 10.2. The van der Waals surface area contributed by atoms with Crippen molar-refractivity contribution in [3.63, 3.8) is 0 Å². The van der Waals surface area contributed by atoms with E-state index in [0.29, 0.717) is 26.1 Å². The van der Waals surface area contributed by atoms with Crippen LogP contribution in [0, 0.1) is 0 Å². The lowest BCUT2D eigenvalue weighted by atomic mass is 10.1. The highest BCUT2D eigenvalue weighted by molar-refractivity contribution is 5.76. The van der Waals surface area contributed by atoms with Gasteiger partial charge >= 0.3 is 0 Å². The molecule has 1 atom stereocenters. The molecule has 21 heavy (non-hydrogen) atoms. The van der Waals surface area contributed by atoms with Gasteiger partial charge in [-0.1, -0.05) is 12.8 Å². The molecule has 1 aliphatic rings. The minimum atomic E-state index is -0.0476. The normalized spacial score (nSPS) is 19.0. The second kappa shape index (κ2) is 8.14. The zero-order valence-corrected chi connectivity index (χ0v) is 12.8. The van der Waals surface area contributed by atoms with Gasteiger partial charge in [-0.3, -0.25) is 9.48 Å². The molecular weight excluding hydrogens is 268 g/mol. The zero-order chi connectivity index (χ0) is 15.1. The molecule has 1 aromatic heterocycles. The van der Waals surface area contributed by atoms with Crippen LogP contribution in [0.1, 0.15) is 43.8 Å². The molecule has 0 aromatic carbocycles. The van der Waals surface area contributed by atoms with Gasteiger partial charge in [0, 0.05) is 31.8 Å². The van der Waals surface area contributed by atoms with Gasteiger partial charge in [-0.05, 0) is 19.4 Å². The van der Waals surface area contributed by atoms with E-state index in [-0.39, 0.29) is 12.0 Å². The number of nitrogens with two attached hydrogens (primary N) is 1. The number of ether oxygens (including phenoxy) is 1. The maximum absolute atomic E-state index is 12.2. The highest BCUT2D eigenvalue weighted by Gasteiger charge is 2.25. The lowest BCUT2D eigenvalue weighted by Gasteiger charge is -2.32. The highest BCUT2D eigenvalue weighted by Crippen LogP contribution is 2.22. The topological polar surface area (TPSA) is 73.4 Å². The smallest absolute Gasteiger partial charge is 0.222 e. The van der Waals surface area contributed by atoms with Crippen molar-refractivity contribution in [3.8, 4) is 0 Å². The van der Waals surface area contributed by atoms with Crippen molar-refractivity contribution >= 4 is 5.91 Å². The van der Waals surface area contributed by atoms with E-state index in [1.807, 2.05) is 24.3 Å². The maximum Gasteiger partial charge on any atom is 0.222 e. The van der Waals surface area contributed by atoms with Crippen LogP contribution >= 0.6 is 0 Å². The van der Waals surface area contributed by atoms with E-state index in [4.69, 9.17) is 10.5 Å². The standard InChI is InChI=1S/C15H26N4O2/c1-18-11-13(10-17-18)14-12-19(8-9-21-14)15(20)6-4-2-3-5-7-16/h10-11,14H,2-9,12,16H2,1H3. The Bertz CT molecular complexity index is 447. The molecule has 0 saturated carbocycles. The fraction of sp³-hybridized carbons (Fsp3) is 0.733. The Hall–Kier alpha value is -1.40. The number of morpholine rings is 1. The number of hydrogen-bond acceptors (Lipinski definition) is 4. The highest BCUT2D eigenvalue weighted by atomic mass is 16.5. The number of aryl methyl sites for hydroxylation is 1. The number of nitrogens with zero attached hydrogens (tertiary/aromatic N) is 3. The van der Waals surface area contributed by atoms with Crippen LogP contribution in [0.4, 0.5) is 0 Å². The molecule has 1 fully saturated rings. The van der Waals surface area contributed by atoms with Gasteiger partial charge in [0.2, 0.25) is 5.91 Å². The lowest BCUT2D eigenvalue weighted by molar-refractivity contribution is -0.139.